The topological polar surface area (TPSA) is 0 Å². The fourth-order valence-corrected chi connectivity index (χ4v) is 3.62. The Balaban J connectivity index is 0.000000740. The highest BCUT2D eigenvalue weighted by molar-refractivity contribution is 5.71. The van der Waals surface area contributed by atoms with Gasteiger partial charge >= 0.3 is 0 Å². The van der Waals surface area contributed by atoms with Crippen LogP contribution >= 0.6 is 0 Å². The Kier molecular flexibility index (Phi) is 13.9. The molecule has 1 aromatic carbocycles. The average Bonchev–Trinajstić information content (AvgIpc) is 3.50. The van der Waals surface area contributed by atoms with Gasteiger partial charge in [-0.2, -0.15) is 0 Å². The number of fused-ring (bicyclic) bond motifs is 1. The monoisotopic (exact) mass is 438 g/mol. The molecule has 0 saturated heterocycles. The lowest BCUT2D eigenvalue weighted by molar-refractivity contribution is 0.398. The molecule has 2 aliphatic carbocycles. The zero-order valence-corrected chi connectivity index (χ0v) is 23.5. The summed E-state index contributed by atoms with van der Waals surface area (Å²) in [7, 11) is 0. The first-order valence-corrected chi connectivity index (χ1v) is 13.1. The smallest absolute Gasteiger partial charge is 0.0127 e. The molecule has 0 amide bonds. The van der Waals surface area contributed by atoms with Crippen LogP contribution in [0.1, 0.15) is 123 Å². The largest absolute Gasteiger partial charge is 0.0998 e. The molecule has 0 nitrogen and oxygen atoms in total. The van der Waals surface area contributed by atoms with Crippen molar-refractivity contribution in [3.63, 3.8) is 0 Å². The number of allylic oxidation sites excluding steroid dienone is 2. The molecule has 0 heteroatoms. The van der Waals surface area contributed by atoms with Crippen molar-refractivity contribution in [2.24, 2.45) is 17.3 Å². The van der Waals surface area contributed by atoms with Gasteiger partial charge in [0, 0.05) is 0 Å². The second kappa shape index (κ2) is 14.6. The van der Waals surface area contributed by atoms with E-state index >= 15 is 0 Å². The van der Waals surface area contributed by atoms with Crippen molar-refractivity contribution >= 4 is 12.2 Å². The van der Waals surface area contributed by atoms with Crippen molar-refractivity contribution in [3.8, 4) is 0 Å². The van der Waals surface area contributed by atoms with E-state index in [0.29, 0.717) is 11.3 Å². The van der Waals surface area contributed by atoms with Crippen molar-refractivity contribution in [2.75, 3.05) is 0 Å². The minimum atomic E-state index is 0.542. The van der Waals surface area contributed by atoms with Crippen LogP contribution in [0.25, 0.3) is 12.2 Å². The zero-order chi connectivity index (χ0) is 25.1. The molecule has 1 aromatic rings. The molecule has 0 aliphatic heterocycles. The first kappa shape index (κ1) is 30.4. The van der Waals surface area contributed by atoms with Gasteiger partial charge in [0.05, 0.1) is 0 Å². The highest BCUT2D eigenvalue weighted by Crippen LogP contribution is 2.40. The van der Waals surface area contributed by atoms with E-state index in [-0.39, 0.29) is 0 Å². The number of hydrogen-bond donors (Lipinski definition) is 0. The van der Waals surface area contributed by atoms with Gasteiger partial charge < -0.3 is 0 Å². The molecule has 0 spiro atoms. The number of benzene rings is 1. The quantitative estimate of drug-likeness (QED) is 0.410. The van der Waals surface area contributed by atoms with E-state index in [1.807, 2.05) is 19.9 Å². The third-order valence-corrected chi connectivity index (χ3v) is 6.37. The van der Waals surface area contributed by atoms with Crippen LogP contribution in [-0.4, -0.2) is 0 Å². The molecular weight excluding hydrogens is 384 g/mol. The molecule has 1 atom stereocenters. The Labute approximate surface area is 202 Å². The van der Waals surface area contributed by atoms with E-state index < -0.39 is 0 Å². The summed E-state index contributed by atoms with van der Waals surface area (Å²) in [5.74, 6) is 1.46. The number of hydrogen-bond acceptors (Lipinski definition) is 0. The predicted octanol–water partition coefficient (Wildman–Crippen LogP) is 10.6. The lowest BCUT2D eigenvalue weighted by atomic mass is 9.92. The zero-order valence-electron chi connectivity index (χ0n) is 23.5. The molecule has 0 bridgehead atoms. The van der Waals surface area contributed by atoms with Gasteiger partial charge in [-0.3, -0.25) is 0 Å². The highest BCUT2D eigenvalue weighted by atomic mass is 14.3. The second-order valence-corrected chi connectivity index (χ2v) is 10.6. The molecular formula is C32H54. The van der Waals surface area contributed by atoms with E-state index in [2.05, 4.69) is 87.6 Å². The van der Waals surface area contributed by atoms with Crippen LogP contribution in [0.3, 0.4) is 0 Å². The van der Waals surface area contributed by atoms with Crippen LogP contribution < -0.4 is 0 Å². The van der Waals surface area contributed by atoms with Gasteiger partial charge in [0.1, 0.15) is 0 Å². The summed E-state index contributed by atoms with van der Waals surface area (Å²) in [4.78, 5) is 0. The van der Waals surface area contributed by atoms with Crippen molar-refractivity contribution < 1.29 is 0 Å². The Morgan fingerprint density at radius 2 is 1.53 bits per heavy atom. The summed E-state index contributed by atoms with van der Waals surface area (Å²) in [6.07, 6.45) is 12.0. The van der Waals surface area contributed by atoms with Crippen molar-refractivity contribution in [1.29, 1.82) is 0 Å². The fourth-order valence-electron chi connectivity index (χ4n) is 3.62. The maximum atomic E-state index is 4.16. The SMILES string of the molecule is C=Cc1cc2c(c(C)c1/C=C(\C)C1CC1)CC(C(=C)C)C2.CC.CCC.CCC(C)(C)C. The summed E-state index contributed by atoms with van der Waals surface area (Å²) >= 11 is 0. The van der Waals surface area contributed by atoms with Gasteiger partial charge in [-0.25, -0.2) is 0 Å². The Hall–Kier alpha value is -1.56. The molecule has 0 radical (unpaired) electrons. The Morgan fingerprint density at radius 1 is 1.03 bits per heavy atom. The molecule has 1 unspecified atom stereocenters. The van der Waals surface area contributed by atoms with Gasteiger partial charge in [-0.05, 0) is 91.5 Å². The molecule has 0 heterocycles. The van der Waals surface area contributed by atoms with Crippen LogP contribution in [0.15, 0.2) is 30.4 Å². The maximum Gasteiger partial charge on any atom is -0.0127 e. The van der Waals surface area contributed by atoms with E-state index in [1.54, 1.807) is 5.56 Å². The van der Waals surface area contributed by atoms with Gasteiger partial charge in [-0.1, -0.05) is 111 Å². The molecule has 1 saturated carbocycles. The first-order valence-electron chi connectivity index (χ1n) is 13.1. The second-order valence-electron chi connectivity index (χ2n) is 10.6. The van der Waals surface area contributed by atoms with Gasteiger partial charge in [0.25, 0.3) is 0 Å². The van der Waals surface area contributed by atoms with Gasteiger partial charge in [-0.15, -0.1) is 0 Å². The average molecular weight is 439 g/mol. The van der Waals surface area contributed by atoms with E-state index in [1.165, 1.54) is 59.1 Å². The van der Waals surface area contributed by atoms with Crippen molar-refractivity contribution in [2.45, 2.75) is 115 Å². The van der Waals surface area contributed by atoms with Crippen molar-refractivity contribution in [1.82, 2.24) is 0 Å². The summed E-state index contributed by atoms with van der Waals surface area (Å²) < 4.78 is 0. The van der Waals surface area contributed by atoms with Gasteiger partial charge in [0.15, 0.2) is 0 Å². The minimum absolute atomic E-state index is 0.542. The minimum Gasteiger partial charge on any atom is -0.0998 e. The fraction of sp³-hybridized carbons (Fsp3) is 0.625. The van der Waals surface area contributed by atoms with Crippen LogP contribution in [-0.2, 0) is 12.8 Å². The molecule has 182 valence electrons. The molecule has 1 fully saturated rings. The molecule has 2 aliphatic rings. The summed E-state index contributed by atoms with van der Waals surface area (Å²) in [5, 5.41) is 0. The first-order chi connectivity index (χ1) is 15.0. The lowest BCUT2D eigenvalue weighted by Gasteiger charge is -2.13. The standard InChI is InChI=1S/C21H26.C6H14.C3H8.C2H6/c1-6-16-10-19-11-18(13(2)3)12-21(19)15(5)20(16)9-14(4)17-7-8-17;1-5-6(2,3)4;1-3-2;1-2/h6,9-10,17-18H,1-2,7-8,11-12H2,3-5H3;5H2,1-4H3;3H2,1-2H3;1-2H3/b14-9+;;;. The van der Waals surface area contributed by atoms with E-state index in [0.717, 1.165) is 18.8 Å². The maximum absolute atomic E-state index is 4.16. The van der Waals surface area contributed by atoms with E-state index in [9.17, 15) is 0 Å². The Bertz CT molecular complexity index is 747. The summed E-state index contributed by atoms with van der Waals surface area (Å²) in [6, 6.07) is 2.37. The van der Waals surface area contributed by atoms with Gasteiger partial charge in [0.2, 0.25) is 0 Å². The summed E-state index contributed by atoms with van der Waals surface area (Å²) in [5.41, 5.74) is 10.6. The van der Waals surface area contributed by atoms with Crippen molar-refractivity contribution in [3.05, 3.63) is 58.2 Å². The van der Waals surface area contributed by atoms with E-state index in [4.69, 9.17) is 0 Å². The lowest BCUT2D eigenvalue weighted by Crippen LogP contribution is -2.00. The highest BCUT2D eigenvalue weighted by Gasteiger charge is 2.27. The van der Waals surface area contributed by atoms with Crippen LogP contribution in [0.2, 0.25) is 0 Å². The number of rotatable bonds is 4. The molecule has 3 rings (SSSR count). The predicted molar refractivity (Wildman–Crippen MR) is 150 cm³/mol. The van der Waals surface area contributed by atoms with Crippen LogP contribution in [0, 0.1) is 24.2 Å². The third kappa shape index (κ3) is 9.93. The Morgan fingerprint density at radius 3 is 1.91 bits per heavy atom. The summed E-state index contributed by atoms with van der Waals surface area (Å²) in [6.45, 7) is 32.1. The van der Waals surface area contributed by atoms with Crippen LogP contribution in [0.4, 0.5) is 0 Å². The normalized spacial score (nSPS) is 17.0. The molecule has 0 aromatic heterocycles. The molecule has 32 heavy (non-hydrogen) atoms. The molecule has 0 N–H and O–H groups in total. The third-order valence-electron chi connectivity index (χ3n) is 6.37. The van der Waals surface area contributed by atoms with Crippen LogP contribution in [0.5, 0.6) is 0 Å².